The number of piperidine rings is 1. The second-order valence-corrected chi connectivity index (χ2v) is 7.63. The minimum Gasteiger partial charge on any atom is -0.370 e. The molecular weight excluding hydrogens is 499 g/mol. The Kier molecular flexibility index (Phi) is 9.23. The summed E-state index contributed by atoms with van der Waals surface area (Å²) in [6.07, 6.45) is 2.52. The maximum atomic E-state index is 11.3. The highest BCUT2D eigenvalue weighted by atomic mass is 127. The van der Waals surface area contributed by atoms with Crippen molar-refractivity contribution in [1.29, 1.82) is 0 Å². The van der Waals surface area contributed by atoms with Gasteiger partial charge in [-0.1, -0.05) is 48.0 Å². The van der Waals surface area contributed by atoms with Crippen LogP contribution in [0, 0.1) is 5.92 Å². The monoisotopic (exact) mass is 526 g/mol. The predicted octanol–water partition coefficient (Wildman–Crippen LogP) is 4.29. The number of aliphatic imine (C=N–C) groups is 1. The minimum atomic E-state index is -0.230. The number of nitrogens with one attached hydrogen (secondary N) is 1. The van der Waals surface area contributed by atoms with Crippen molar-refractivity contribution >= 4 is 47.4 Å². The van der Waals surface area contributed by atoms with Gasteiger partial charge >= 0.3 is 0 Å². The molecule has 0 aromatic heterocycles. The molecule has 1 aliphatic rings. The molecule has 1 unspecified atom stereocenters. The van der Waals surface area contributed by atoms with Crippen LogP contribution in [-0.2, 0) is 11.3 Å². The highest BCUT2D eigenvalue weighted by Gasteiger charge is 2.23. The quantitative estimate of drug-likeness (QED) is 0.347. The fourth-order valence-electron chi connectivity index (χ4n) is 3.80. The first kappa shape index (κ1) is 23.5. The smallest absolute Gasteiger partial charge is 0.217 e. The van der Waals surface area contributed by atoms with Crippen LogP contribution in [0.1, 0.15) is 24.8 Å². The molecule has 1 saturated heterocycles. The van der Waals surface area contributed by atoms with Gasteiger partial charge < -0.3 is 16.0 Å². The van der Waals surface area contributed by atoms with Gasteiger partial charge in [-0.2, -0.15) is 0 Å². The largest absolute Gasteiger partial charge is 0.370 e. The number of halogens is 2. The van der Waals surface area contributed by atoms with Gasteiger partial charge in [0.2, 0.25) is 5.91 Å². The highest BCUT2D eigenvalue weighted by molar-refractivity contribution is 14.0. The second kappa shape index (κ2) is 11.4. The Morgan fingerprint density at radius 1 is 1.24 bits per heavy atom. The Morgan fingerprint density at radius 3 is 2.66 bits per heavy atom. The number of guanidine groups is 1. The number of nitrogens with two attached hydrogens (primary N) is 1. The van der Waals surface area contributed by atoms with Gasteiger partial charge in [0.05, 0.1) is 0 Å². The molecule has 0 spiro atoms. The number of benzene rings is 2. The summed E-state index contributed by atoms with van der Waals surface area (Å²) in [5, 5.41) is 4.22. The topological polar surface area (TPSA) is 70.7 Å². The fraction of sp³-hybridized carbons (Fsp3) is 0.364. The van der Waals surface area contributed by atoms with Crippen molar-refractivity contribution in [1.82, 2.24) is 10.2 Å². The van der Waals surface area contributed by atoms with Gasteiger partial charge in [-0.25, -0.2) is 0 Å². The number of hydrogen-bond acceptors (Lipinski definition) is 2. The second-order valence-electron chi connectivity index (χ2n) is 7.19. The number of carbonyl (C=O) groups excluding carboxylic acids is 1. The molecule has 0 saturated carbocycles. The van der Waals surface area contributed by atoms with Gasteiger partial charge in [0.15, 0.2) is 5.96 Å². The van der Waals surface area contributed by atoms with Crippen molar-refractivity contribution in [3.05, 3.63) is 59.1 Å². The number of hydrogen-bond donors (Lipinski definition) is 2. The van der Waals surface area contributed by atoms with Crippen molar-refractivity contribution in [2.45, 2.75) is 25.8 Å². The third kappa shape index (κ3) is 6.60. The predicted molar refractivity (Wildman–Crippen MR) is 131 cm³/mol. The molecule has 5 nitrogen and oxygen atoms in total. The Labute approximate surface area is 194 Å². The van der Waals surface area contributed by atoms with Gasteiger partial charge in [-0.3, -0.25) is 9.79 Å². The third-order valence-corrected chi connectivity index (χ3v) is 5.38. The number of likely N-dealkylation sites (tertiary alicyclic amines) is 1. The molecule has 7 heteroatoms. The summed E-state index contributed by atoms with van der Waals surface area (Å²) in [5.41, 5.74) is 8.88. The van der Waals surface area contributed by atoms with Crippen molar-refractivity contribution < 1.29 is 4.79 Å². The summed E-state index contributed by atoms with van der Waals surface area (Å²) in [6, 6.07) is 16.2. The normalized spacial score (nSPS) is 16.8. The molecular formula is C22H28ClIN4O. The zero-order valence-electron chi connectivity index (χ0n) is 16.6. The molecule has 1 atom stereocenters. The summed E-state index contributed by atoms with van der Waals surface area (Å²) >= 11 is 6.03. The average molecular weight is 527 g/mol. The van der Waals surface area contributed by atoms with Gasteiger partial charge in [0.25, 0.3) is 0 Å². The lowest BCUT2D eigenvalue weighted by molar-refractivity contribution is -0.119. The number of nitrogens with zero attached hydrogens (tertiary/aromatic N) is 2. The van der Waals surface area contributed by atoms with E-state index in [0.717, 1.165) is 42.5 Å². The van der Waals surface area contributed by atoms with E-state index in [-0.39, 0.29) is 29.9 Å². The van der Waals surface area contributed by atoms with E-state index in [9.17, 15) is 4.79 Å². The van der Waals surface area contributed by atoms with E-state index in [2.05, 4.69) is 27.3 Å². The summed E-state index contributed by atoms with van der Waals surface area (Å²) in [4.78, 5) is 17.9. The van der Waals surface area contributed by atoms with Crippen LogP contribution < -0.4 is 11.1 Å². The van der Waals surface area contributed by atoms with Gasteiger partial charge in [-0.15, -0.1) is 24.0 Å². The Morgan fingerprint density at radius 2 is 1.97 bits per heavy atom. The summed E-state index contributed by atoms with van der Waals surface area (Å²) < 4.78 is 0. The minimum absolute atomic E-state index is 0. The fourth-order valence-corrected chi connectivity index (χ4v) is 3.93. The molecule has 1 fully saturated rings. The average Bonchev–Trinajstić information content (AvgIpc) is 2.69. The molecule has 3 N–H and O–H groups in total. The molecule has 3 rings (SSSR count). The summed E-state index contributed by atoms with van der Waals surface area (Å²) in [7, 11) is 1.80. The van der Waals surface area contributed by atoms with Crippen molar-refractivity contribution in [3.63, 3.8) is 0 Å². The maximum Gasteiger partial charge on any atom is 0.217 e. The summed E-state index contributed by atoms with van der Waals surface area (Å²) in [5.74, 6) is 0.929. The number of carbonyl (C=O) groups is 1. The molecule has 1 heterocycles. The Hall–Kier alpha value is -1.80. The van der Waals surface area contributed by atoms with Gasteiger partial charge in [0, 0.05) is 38.1 Å². The summed E-state index contributed by atoms with van der Waals surface area (Å²) in [6.45, 7) is 2.41. The number of rotatable bonds is 5. The van der Waals surface area contributed by atoms with Crippen molar-refractivity contribution in [2.75, 3.05) is 20.1 Å². The molecule has 1 aliphatic heterocycles. The van der Waals surface area contributed by atoms with Crippen LogP contribution >= 0.6 is 35.6 Å². The first-order valence-electron chi connectivity index (χ1n) is 9.64. The van der Waals surface area contributed by atoms with Crippen molar-refractivity contribution in [2.24, 2.45) is 16.6 Å². The van der Waals surface area contributed by atoms with Crippen LogP contribution in [0.2, 0.25) is 5.02 Å². The molecule has 2 aromatic carbocycles. The molecule has 156 valence electrons. The van der Waals surface area contributed by atoms with Crippen LogP contribution in [0.3, 0.4) is 0 Å². The van der Waals surface area contributed by atoms with E-state index < -0.39 is 0 Å². The first-order valence-corrected chi connectivity index (χ1v) is 10.0. The first-order chi connectivity index (χ1) is 13.6. The zero-order valence-corrected chi connectivity index (χ0v) is 19.7. The van der Waals surface area contributed by atoms with Gasteiger partial charge in [0.1, 0.15) is 0 Å². The standard InChI is InChI=1S/C22H27ClN4O.HI/c1-25-22(27-12-4-5-16(15-27)13-21(24)28)26-14-18-6-2-3-7-20(18)17-8-10-19(23)11-9-17;/h2-3,6-11,16H,4-5,12-15H2,1H3,(H2,24,28)(H,25,26);1H. The maximum absolute atomic E-state index is 11.3. The third-order valence-electron chi connectivity index (χ3n) is 5.13. The van der Waals surface area contributed by atoms with E-state index >= 15 is 0 Å². The van der Waals surface area contributed by atoms with Crippen LogP contribution in [-0.4, -0.2) is 36.9 Å². The lowest BCUT2D eigenvalue weighted by Crippen LogP contribution is -2.46. The van der Waals surface area contributed by atoms with E-state index in [1.54, 1.807) is 7.05 Å². The van der Waals surface area contributed by atoms with E-state index in [1.807, 2.05) is 36.4 Å². The molecule has 0 bridgehead atoms. The van der Waals surface area contributed by atoms with Crippen molar-refractivity contribution in [3.8, 4) is 11.1 Å². The highest BCUT2D eigenvalue weighted by Crippen LogP contribution is 2.25. The molecule has 0 radical (unpaired) electrons. The van der Waals surface area contributed by atoms with Crippen LogP contribution in [0.25, 0.3) is 11.1 Å². The molecule has 0 aliphatic carbocycles. The molecule has 29 heavy (non-hydrogen) atoms. The number of amides is 1. The molecule has 2 aromatic rings. The van der Waals surface area contributed by atoms with Crippen LogP contribution in [0.15, 0.2) is 53.5 Å². The SMILES string of the molecule is CN=C(NCc1ccccc1-c1ccc(Cl)cc1)N1CCCC(CC(N)=O)C1.I. The van der Waals surface area contributed by atoms with E-state index in [0.29, 0.717) is 18.9 Å². The van der Waals surface area contributed by atoms with E-state index in [1.165, 1.54) is 11.1 Å². The Balaban J connectivity index is 0.00000300. The zero-order chi connectivity index (χ0) is 19.9. The van der Waals surface area contributed by atoms with Gasteiger partial charge in [-0.05, 0) is 47.6 Å². The number of primary amides is 1. The van der Waals surface area contributed by atoms with Crippen LogP contribution in [0.4, 0.5) is 0 Å². The lowest BCUT2D eigenvalue weighted by atomic mass is 9.95. The Bertz CT molecular complexity index is 841. The van der Waals surface area contributed by atoms with Crippen LogP contribution in [0.5, 0.6) is 0 Å². The molecule has 1 amide bonds. The lowest BCUT2D eigenvalue weighted by Gasteiger charge is -2.34. The van der Waals surface area contributed by atoms with E-state index in [4.69, 9.17) is 17.3 Å².